The molecule has 3 aromatic rings. The number of amides is 3. The number of hydrogen-bond donors (Lipinski definition) is 3. The third-order valence-corrected chi connectivity index (χ3v) is 5.76. The molecule has 0 aliphatic carbocycles. The maximum absolute atomic E-state index is 12.8. The summed E-state index contributed by atoms with van der Waals surface area (Å²) in [5.41, 5.74) is 12.1. The van der Waals surface area contributed by atoms with Crippen LogP contribution in [0.25, 0.3) is 5.65 Å². The zero-order valence-electron chi connectivity index (χ0n) is 21.4. The molecule has 3 rings (SSSR count). The minimum absolute atomic E-state index is 0. The van der Waals surface area contributed by atoms with Gasteiger partial charge in [0.25, 0.3) is 0 Å². The molecule has 5 N–H and O–H groups in total. The molecule has 0 saturated heterocycles. The summed E-state index contributed by atoms with van der Waals surface area (Å²) in [7, 11) is 1.42. The van der Waals surface area contributed by atoms with Crippen LogP contribution in [0.15, 0.2) is 48.5 Å². The van der Waals surface area contributed by atoms with Crippen LogP contribution in [0, 0.1) is 0 Å². The van der Waals surface area contributed by atoms with Gasteiger partial charge in [-0.3, -0.25) is 18.9 Å². The minimum atomic E-state index is -1.14. The Morgan fingerprint density at radius 1 is 1.08 bits per heavy atom. The Hall–Kier alpha value is -4.03. The molecule has 0 fully saturated rings. The highest BCUT2D eigenvalue weighted by Gasteiger charge is 2.29. The molecule has 206 valence electrons. The first-order chi connectivity index (χ1) is 17.5. The van der Waals surface area contributed by atoms with Crippen molar-refractivity contribution in [1.29, 1.82) is 0 Å². The van der Waals surface area contributed by atoms with Crippen molar-refractivity contribution in [3.8, 4) is 0 Å². The maximum atomic E-state index is 12.8. The van der Waals surface area contributed by atoms with Gasteiger partial charge in [-0.25, -0.2) is 4.79 Å². The molecule has 0 saturated carbocycles. The van der Waals surface area contributed by atoms with Gasteiger partial charge >= 0.3 is 6.09 Å². The highest BCUT2D eigenvalue weighted by Crippen LogP contribution is 2.19. The lowest BCUT2D eigenvalue weighted by Crippen LogP contribution is -2.51. The normalized spacial score (nSPS) is 12.8. The van der Waals surface area contributed by atoms with E-state index in [1.165, 1.54) is 14.0 Å². The molecule has 38 heavy (non-hydrogen) atoms. The van der Waals surface area contributed by atoms with Crippen molar-refractivity contribution >= 4 is 23.6 Å². The second kappa shape index (κ2) is 13.0. The molecular weight excluding hydrogens is 490 g/mol. The number of aromatic nitrogens is 3. The molecule has 0 radical (unpaired) electrons. The summed E-state index contributed by atoms with van der Waals surface area (Å²) in [6, 6.07) is 13.3. The van der Waals surface area contributed by atoms with E-state index in [0.717, 1.165) is 10.5 Å². The van der Waals surface area contributed by atoms with Crippen LogP contribution >= 0.6 is 0 Å². The summed E-state index contributed by atoms with van der Waals surface area (Å²) in [6.07, 6.45) is -0.723. The number of nitrogens with two attached hydrogens (primary N) is 2. The van der Waals surface area contributed by atoms with Crippen molar-refractivity contribution in [2.45, 2.75) is 59.0 Å². The number of nitrogens with one attached hydrogen (secondary N) is 1. The molecule has 2 atom stereocenters. The molecule has 2 aromatic heterocycles. The smallest absolute Gasteiger partial charge is 0.410 e. The molecule has 1 aromatic carbocycles. The summed E-state index contributed by atoms with van der Waals surface area (Å²) in [4.78, 5) is 37.7. The van der Waals surface area contributed by atoms with Crippen LogP contribution in [0.2, 0.25) is 0 Å². The number of fused-ring (bicyclic) bond motifs is 1. The van der Waals surface area contributed by atoms with E-state index in [0.29, 0.717) is 23.8 Å². The van der Waals surface area contributed by atoms with Gasteiger partial charge in [0, 0.05) is 7.05 Å². The summed E-state index contributed by atoms with van der Waals surface area (Å²) in [5.74, 6) is -0.672. The minimum Gasteiger partial charge on any atom is -0.443 e. The van der Waals surface area contributed by atoms with E-state index >= 15 is 0 Å². The summed E-state index contributed by atoms with van der Waals surface area (Å²) in [6.45, 7) is 4.96. The van der Waals surface area contributed by atoms with Gasteiger partial charge in [-0.05, 0) is 38.5 Å². The number of pyridine rings is 1. The lowest BCUT2D eigenvalue weighted by molar-refractivity contribution is -0.126. The fraction of sp³-hybridized carbons (Fsp3) is 0.423. The number of likely N-dealkylation sites (N-methyl/N-ethyl adjacent to an activating group) is 1. The Kier molecular flexibility index (Phi) is 10.3. The molecule has 0 spiro atoms. The van der Waals surface area contributed by atoms with Crippen LogP contribution in [-0.4, -0.2) is 62.6 Å². The predicted molar refractivity (Wildman–Crippen MR) is 142 cm³/mol. The number of primary amides is 1. The van der Waals surface area contributed by atoms with Crippen LogP contribution in [-0.2, 0) is 32.3 Å². The molecule has 2 heterocycles. The number of hydrogen-bond acceptors (Lipinski definition) is 8. The average molecular weight is 528 g/mol. The number of carbonyl (C=O) groups excluding carboxylic acids is 3. The maximum Gasteiger partial charge on any atom is 0.410 e. The van der Waals surface area contributed by atoms with Gasteiger partial charge < -0.3 is 26.3 Å². The first-order valence-electron chi connectivity index (χ1n) is 11.7. The van der Waals surface area contributed by atoms with E-state index in [9.17, 15) is 14.4 Å². The average Bonchev–Trinajstić information content (AvgIpc) is 3.30. The van der Waals surface area contributed by atoms with E-state index < -0.39 is 35.5 Å². The number of rotatable bonds is 11. The van der Waals surface area contributed by atoms with E-state index in [2.05, 4.69) is 15.5 Å². The van der Waals surface area contributed by atoms with E-state index in [-0.39, 0.29) is 20.6 Å². The van der Waals surface area contributed by atoms with Crippen molar-refractivity contribution in [3.05, 3.63) is 65.6 Å². The van der Waals surface area contributed by atoms with Crippen molar-refractivity contribution < 1.29 is 23.9 Å². The monoisotopic (exact) mass is 527 g/mol. The van der Waals surface area contributed by atoms with E-state index in [1.807, 2.05) is 30.3 Å². The lowest BCUT2D eigenvalue weighted by atomic mass is 10.1. The molecule has 0 aliphatic heterocycles. The largest absolute Gasteiger partial charge is 0.443 e. The van der Waals surface area contributed by atoms with Gasteiger partial charge in [0.1, 0.15) is 18.7 Å². The Labute approximate surface area is 222 Å². The molecule has 0 bridgehead atoms. The number of carbonyl (C=O) groups is 3. The van der Waals surface area contributed by atoms with Crippen molar-refractivity contribution in [2.75, 3.05) is 13.7 Å². The van der Waals surface area contributed by atoms with Gasteiger partial charge in [-0.2, -0.15) is 0 Å². The number of ether oxygens (including phenoxy) is 2. The fourth-order valence-electron chi connectivity index (χ4n) is 3.35. The van der Waals surface area contributed by atoms with E-state index in [4.69, 9.17) is 20.9 Å². The number of benzene rings is 1. The van der Waals surface area contributed by atoms with Crippen LogP contribution in [0.1, 0.15) is 51.3 Å². The SMILES string of the molecule is C.C[C@@H](C(N)=O)N(C)C(=O)OCc1cccc2nnc([C@@H](COCc3ccccc3)NC(=O)C(C)(C)N)n12. The molecular formula is C26H37N7O5. The predicted octanol–water partition coefficient (Wildman–Crippen LogP) is 1.92. The van der Waals surface area contributed by atoms with Gasteiger partial charge in [-0.15, -0.1) is 10.2 Å². The Bertz CT molecular complexity index is 1240. The van der Waals surface area contributed by atoms with Crippen molar-refractivity contribution in [2.24, 2.45) is 11.5 Å². The summed E-state index contributed by atoms with van der Waals surface area (Å²) >= 11 is 0. The van der Waals surface area contributed by atoms with Crippen molar-refractivity contribution in [1.82, 2.24) is 24.8 Å². The topological polar surface area (TPSA) is 167 Å². The number of nitrogens with zero attached hydrogens (tertiary/aromatic N) is 4. The standard InChI is InChI=1S/C25H33N7O5.CH4/c1-16(21(26)33)31(4)24(35)37-14-18-11-8-12-20-29-30-22(32(18)20)19(28-23(34)25(2,3)27)15-36-13-17-9-6-5-7-10-17;/h5-12,16,19H,13-15,27H2,1-4H3,(H2,26,33)(H,28,34);1H4/t16-,19+;/m0./s1. The Morgan fingerprint density at radius 3 is 2.39 bits per heavy atom. The molecule has 12 nitrogen and oxygen atoms in total. The van der Waals surface area contributed by atoms with E-state index in [1.54, 1.807) is 36.4 Å². The third kappa shape index (κ3) is 7.49. The van der Waals surface area contributed by atoms with Crippen LogP contribution in [0.5, 0.6) is 0 Å². The first-order valence-corrected chi connectivity index (χ1v) is 11.7. The molecule has 3 amide bonds. The summed E-state index contributed by atoms with van der Waals surface area (Å²) in [5, 5.41) is 11.4. The Morgan fingerprint density at radius 2 is 1.76 bits per heavy atom. The second-order valence-corrected chi connectivity index (χ2v) is 9.26. The molecule has 0 unspecified atom stereocenters. The zero-order chi connectivity index (χ0) is 27.2. The quantitative estimate of drug-likeness (QED) is 0.340. The second-order valence-electron chi connectivity index (χ2n) is 9.26. The third-order valence-electron chi connectivity index (χ3n) is 5.76. The lowest BCUT2D eigenvalue weighted by Gasteiger charge is -2.24. The van der Waals surface area contributed by atoms with Crippen molar-refractivity contribution in [3.63, 3.8) is 0 Å². The highest BCUT2D eigenvalue weighted by atomic mass is 16.6. The first kappa shape index (κ1) is 30.2. The highest BCUT2D eigenvalue weighted by molar-refractivity contribution is 5.85. The van der Waals surface area contributed by atoms with Crippen LogP contribution in [0.3, 0.4) is 0 Å². The summed E-state index contributed by atoms with van der Waals surface area (Å²) < 4.78 is 13.0. The van der Waals surface area contributed by atoms with Crippen LogP contribution < -0.4 is 16.8 Å². The van der Waals surface area contributed by atoms with Gasteiger partial charge in [0.05, 0.1) is 24.4 Å². The fourth-order valence-corrected chi connectivity index (χ4v) is 3.35. The Balaban J connectivity index is 0.00000507. The molecule has 12 heteroatoms. The van der Waals surface area contributed by atoms with Gasteiger partial charge in [-0.1, -0.05) is 43.8 Å². The zero-order valence-corrected chi connectivity index (χ0v) is 21.4. The molecule has 0 aliphatic rings. The van der Waals surface area contributed by atoms with Gasteiger partial charge in [0.15, 0.2) is 11.5 Å². The van der Waals surface area contributed by atoms with Crippen LogP contribution in [0.4, 0.5) is 4.79 Å². The van der Waals surface area contributed by atoms with Gasteiger partial charge in [0.2, 0.25) is 11.8 Å².